The molecule has 1 aromatic heterocycles. The van der Waals surface area contributed by atoms with Crippen molar-refractivity contribution in [1.29, 1.82) is 0 Å². The SMILES string of the molecule is CNC(=O)c1ccc([C@H]2CCCCN2CC(=O)NCc2cccc(OC)c2)n1C. The lowest BCUT2D eigenvalue weighted by Gasteiger charge is -2.35. The van der Waals surface area contributed by atoms with Crippen molar-refractivity contribution in [3.8, 4) is 5.75 Å². The average molecular weight is 399 g/mol. The number of piperidine rings is 1. The topological polar surface area (TPSA) is 75.6 Å². The summed E-state index contributed by atoms with van der Waals surface area (Å²) in [6, 6.07) is 11.7. The molecule has 2 amide bonds. The second kappa shape index (κ2) is 9.60. The van der Waals surface area contributed by atoms with Gasteiger partial charge in [0, 0.05) is 26.3 Å². The Labute approximate surface area is 172 Å². The normalized spacial score (nSPS) is 17.0. The number of benzene rings is 1. The Morgan fingerprint density at radius 2 is 2.03 bits per heavy atom. The highest BCUT2D eigenvalue weighted by Crippen LogP contribution is 2.31. The van der Waals surface area contributed by atoms with E-state index in [0.717, 1.165) is 42.8 Å². The minimum atomic E-state index is -0.0999. The second-order valence-electron chi connectivity index (χ2n) is 7.39. The molecular formula is C22H30N4O3. The monoisotopic (exact) mass is 398 g/mol. The van der Waals surface area contributed by atoms with Crippen LogP contribution < -0.4 is 15.4 Å². The van der Waals surface area contributed by atoms with Gasteiger partial charge in [-0.2, -0.15) is 0 Å². The number of nitrogens with one attached hydrogen (secondary N) is 2. The first-order valence-electron chi connectivity index (χ1n) is 10.0. The van der Waals surface area contributed by atoms with E-state index in [9.17, 15) is 9.59 Å². The molecule has 0 aliphatic carbocycles. The maximum absolute atomic E-state index is 12.6. The van der Waals surface area contributed by atoms with Crippen molar-refractivity contribution in [1.82, 2.24) is 20.1 Å². The molecule has 2 N–H and O–H groups in total. The zero-order chi connectivity index (χ0) is 20.8. The molecule has 3 rings (SSSR count). The van der Waals surface area contributed by atoms with Crippen LogP contribution in [0.4, 0.5) is 0 Å². The average Bonchev–Trinajstić information content (AvgIpc) is 3.13. The Balaban J connectivity index is 1.64. The molecular weight excluding hydrogens is 368 g/mol. The van der Waals surface area contributed by atoms with Crippen molar-refractivity contribution in [2.75, 3.05) is 27.2 Å². The van der Waals surface area contributed by atoms with E-state index in [-0.39, 0.29) is 17.9 Å². The van der Waals surface area contributed by atoms with Crippen LogP contribution in [0.3, 0.4) is 0 Å². The van der Waals surface area contributed by atoms with Crippen LogP contribution >= 0.6 is 0 Å². The van der Waals surface area contributed by atoms with Gasteiger partial charge in [-0.15, -0.1) is 0 Å². The Hall–Kier alpha value is -2.80. The predicted octanol–water partition coefficient (Wildman–Crippen LogP) is 2.24. The number of nitrogens with zero attached hydrogens (tertiary/aromatic N) is 2. The minimum absolute atomic E-state index is 0.000420. The van der Waals surface area contributed by atoms with Gasteiger partial charge in [-0.25, -0.2) is 0 Å². The van der Waals surface area contributed by atoms with Gasteiger partial charge in [0.25, 0.3) is 5.91 Å². The highest BCUT2D eigenvalue weighted by molar-refractivity contribution is 5.92. The van der Waals surface area contributed by atoms with Crippen LogP contribution in [0.25, 0.3) is 0 Å². The van der Waals surface area contributed by atoms with Crippen LogP contribution in [-0.2, 0) is 18.4 Å². The number of hydrogen-bond donors (Lipinski definition) is 2. The zero-order valence-electron chi connectivity index (χ0n) is 17.4. The number of likely N-dealkylation sites (tertiary alicyclic amines) is 1. The minimum Gasteiger partial charge on any atom is -0.497 e. The van der Waals surface area contributed by atoms with Gasteiger partial charge in [0.1, 0.15) is 11.4 Å². The number of amides is 2. The zero-order valence-corrected chi connectivity index (χ0v) is 17.4. The summed E-state index contributed by atoms with van der Waals surface area (Å²) in [7, 11) is 5.18. The van der Waals surface area contributed by atoms with Gasteiger partial charge in [-0.1, -0.05) is 18.6 Å². The largest absolute Gasteiger partial charge is 0.497 e. The Kier molecular flexibility index (Phi) is 6.93. The first-order chi connectivity index (χ1) is 14.0. The Bertz CT molecular complexity index is 861. The van der Waals surface area contributed by atoms with Crippen LogP contribution in [0.1, 0.15) is 47.1 Å². The highest BCUT2D eigenvalue weighted by Gasteiger charge is 2.28. The first-order valence-corrected chi connectivity index (χ1v) is 10.0. The third-order valence-corrected chi connectivity index (χ3v) is 5.55. The molecule has 1 aliphatic heterocycles. The summed E-state index contributed by atoms with van der Waals surface area (Å²) in [5, 5.41) is 5.69. The Morgan fingerprint density at radius 1 is 1.21 bits per heavy atom. The van der Waals surface area contributed by atoms with Crippen LogP contribution in [-0.4, -0.2) is 48.5 Å². The molecule has 0 bridgehead atoms. The molecule has 1 aromatic carbocycles. The molecule has 1 fully saturated rings. The molecule has 29 heavy (non-hydrogen) atoms. The maximum atomic E-state index is 12.6. The molecule has 156 valence electrons. The molecule has 0 unspecified atom stereocenters. The number of ether oxygens (including phenoxy) is 1. The fourth-order valence-electron chi connectivity index (χ4n) is 3.96. The van der Waals surface area contributed by atoms with Gasteiger partial charge in [0.05, 0.1) is 19.7 Å². The second-order valence-corrected chi connectivity index (χ2v) is 7.39. The summed E-state index contributed by atoms with van der Waals surface area (Å²) < 4.78 is 7.17. The molecule has 7 heteroatoms. The van der Waals surface area contributed by atoms with Crippen LogP contribution in [0.2, 0.25) is 0 Å². The van der Waals surface area contributed by atoms with Gasteiger partial charge < -0.3 is 19.9 Å². The van der Waals surface area contributed by atoms with Crippen molar-refractivity contribution in [2.45, 2.75) is 31.8 Å². The van der Waals surface area contributed by atoms with E-state index in [4.69, 9.17) is 4.74 Å². The molecule has 0 radical (unpaired) electrons. The van der Waals surface area contributed by atoms with Crippen molar-refractivity contribution >= 4 is 11.8 Å². The van der Waals surface area contributed by atoms with Gasteiger partial charge in [0.15, 0.2) is 0 Å². The van der Waals surface area contributed by atoms with E-state index in [1.165, 1.54) is 0 Å². The van der Waals surface area contributed by atoms with Crippen LogP contribution in [0.15, 0.2) is 36.4 Å². The quantitative estimate of drug-likeness (QED) is 0.750. The van der Waals surface area contributed by atoms with Crippen LogP contribution in [0, 0.1) is 0 Å². The van der Waals surface area contributed by atoms with E-state index in [1.807, 2.05) is 48.0 Å². The number of carbonyl (C=O) groups excluding carboxylic acids is 2. The maximum Gasteiger partial charge on any atom is 0.267 e. The molecule has 2 heterocycles. The number of methoxy groups -OCH3 is 1. The van der Waals surface area contributed by atoms with E-state index in [2.05, 4.69) is 15.5 Å². The Morgan fingerprint density at radius 3 is 2.79 bits per heavy atom. The molecule has 7 nitrogen and oxygen atoms in total. The summed E-state index contributed by atoms with van der Waals surface area (Å²) in [4.78, 5) is 26.9. The van der Waals surface area contributed by atoms with Crippen molar-refractivity contribution < 1.29 is 14.3 Å². The third kappa shape index (κ3) is 4.98. The molecule has 1 aliphatic rings. The highest BCUT2D eigenvalue weighted by atomic mass is 16.5. The van der Waals surface area contributed by atoms with E-state index in [0.29, 0.717) is 18.8 Å². The first kappa shape index (κ1) is 20.9. The molecule has 0 saturated carbocycles. The van der Waals surface area contributed by atoms with Gasteiger partial charge in [-0.05, 0) is 49.2 Å². The number of rotatable bonds is 7. The van der Waals surface area contributed by atoms with E-state index < -0.39 is 0 Å². The fourth-order valence-corrected chi connectivity index (χ4v) is 3.96. The predicted molar refractivity (Wildman–Crippen MR) is 112 cm³/mol. The van der Waals surface area contributed by atoms with Crippen molar-refractivity contribution in [3.05, 3.63) is 53.3 Å². The number of hydrogen-bond acceptors (Lipinski definition) is 4. The molecule has 2 aromatic rings. The summed E-state index contributed by atoms with van der Waals surface area (Å²) in [6.07, 6.45) is 3.17. The summed E-state index contributed by atoms with van der Waals surface area (Å²) in [5.41, 5.74) is 2.71. The van der Waals surface area contributed by atoms with E-state index in [1.54, 1.807) is 14.2 Å². The van der Waals surface area contributed by atoms with Gasteiger partial charge in [-0.3, -0.25) is 14.5 Å². The molecule has 1 atom stereocenters. The van der Waals surface area contributed by atoms with Crippen LogP contribution in [0.5, 0.6) is 5.75 Å². The smallest absolute Gasteiger partial charge is 0.267 e. The fraction of sp³-hybridized carbons (Fsp3) is 0.455. The summed E-state index contributed by atoms with van der Waals surface area (Å²) in [5.74, 6) is 0.682. The van der Waals surface area contributed by atoms with Crippen molar-refractivity contribution in [3.63, 3.8) is 0 Å². The standard InChI is InChI=1S/C22H30N4O3/c1-23-22(28)20-11-10-18(25(20)2)19-9-4-5-12-26(19)15-21(27)24-14-16-7-6-8-17(13-16)29-3/h6-8,10-11,13,19H,4-5,9,12,14-15H2,1-3H3,(H,23,28)(H,24,27)/t19-/m1/s1. The summed E-state index contributed by atoms with van der Waals surface area (Å²) >= 11 is 0. The number of aromatic nitrogens is 1. The third-order valence-electron chi connectivity index (χ3n) is 5.55. The van der Waals surface area contributed by atoms with Gasteiger partial charge >= 0.3 is 0 Å². The summed E-state index contributed by atoms with van der Waals surface area (Å²) in [6.45, 7) is 1.69. The van der Waals surface area contributed by atoms with Gasteiger partial charge in [0.2, 0.25) is 5.91 Å². The van der Waals surface area contributed by atoms with Crippen molar-refractivity contribution in [2.24, 2.45) is 7.05 Å². The van der Waals surface area contributed by atoms with E-state index >= 15 is 0 Å². The lowest BCUT2D eigenvalue weighted by atomic mass is 9.99. The molecule has 0 spiro atoms. The lowest BCUT2D eigenvalue weighted by Crippen LogP contribution is -2.42. The number of carbonyl (C=O) groups is 2. The molecule has 1 saturated heterocycles. The lowest BCUT2D eigenvalue weighted by molar-refractivity contribution is -0.123.